The lowest BCUT2D eigenvalue weighted by Crippen LogP contribution is -2.19. The topological polar surface area (TPSA) is 83.4 Å². The number of amides is 1. The van der Waals surface area contributed by atoms with Gasteiger partial charge in [0.15, 0.2) is 5.65 Å². The van der Waals surface area contributed by atoms with Crippen molar-refractivity contribution in [3.8, 4) is 0 Å². The molecule has 28 heavy (non-hydrogen) atoms. The standard InChI is InChI=1S/C21H26N6O/c1-12(15-5-6-15)24-18-9-19(22-10-14-3-4-14)27-21(26-18)17(11-23-27)7-16-8-20(28)25-13(16)2/h7,9,11-12,14-15,22H,2-6,8,10H2,1H3,(H,24,26)(H,25,28)/b16-7+/t12-/m0/s1. The van der Waals surface area contributed by atoms with Gasteiger partial charge in [-0.15, -0.1) is 0 Å². The highest BCUT2D eigenvalue weighted by Gasteiger charge is 2.28. The average molecular weight is 378 g/mol. The first-order valence-electron chi connectivity index (χ1n) is 10.2. The molecule has 3 fully saturated rings. The van der Waals surface area contributed by atoms with Gasteiger partial charge in [0, 0.05) is 29.9 Å². The summed E-state index contributed by atoms with van der Waals surface area (Å²) in [5, 5.41) is 14.4. The van der Waals surface area contributed by atoms with Crippen molar-refractivity contribution in [2.24, 2.45) is 11.8 Å². The van der Waals surface area contributed by atoms with Crippen LogP contribution in [-0.2, 0) is 4.79 Å². The van der Waals surface area contributed by atoms with Crippen molar-refractivity contribution in [1.29, 1.82) is 0 Å². The van der Waals surface area contributed by atoms with Gasteiger partial charge in [0.2, 0.25) is 5.91 Å². The number of fused-ring (bicyclic) bond motifs is 1. The Morgan fingerprint density at radius 3 is 2.89 bits per heavy atom. The SMILES string of the molecule is C=C1NC(=O)C/C1=C\c1cnn2c(NCC3CC3)cc(N[C@@H](C)C3CC3)nc12. The fourth-order valence-electron chi connectivity index (χ4n) is 3.70. The van der Waals surface area contributed by atoms with Gasteiger partial charge < -0.3 is 16.0 Å². The molecule has 0 bridgehead atoms. The molecule has 2 saturated carbocycles. The number of hydrogen-bond acceptors (Lipinski definition) is 5. The van der Waals surface area contributed by atoms with E-state index in [1.54, 1.807) is 0 Å². The second kappa shape index (κ2) is 6.65. The maximum absolute atomic E-state index is 11.6. The van der Waals surface area contributed by atoms with Crippen LogP contribution in [0.2, 0.25) is 0 Å². The third kappa shape index (κ3) is 3.48. The Bertz CT molecular complexity index is 982. The van der Waals surface area contributed by atoms with Crippen molar-refractivity contribution in [1.82, 2.24) is 19.9 Å². The summed E-state index contributed by atoms with van der Waals surface area (Å²) in [7, 11) is 0. The molecule has 5 rings (SSSR count). The molecule has 1 amide bonds. The Balaban J connectivity index is 1.51. The third-order valence-electron chi connectivity index (χ3n) is 5.83. The number of carbonyl (C=O) groups excluding carboxylic acids is 1. The molecule has 3 N–H and O–H groups in total. The van der Waals surface area contributed by atoms with Gasteiger partial charge in [-0.2, -0.15) is 9.61 Å². The molecule has 1 saturated heterocycles. The van der Waals surface area contributed by atoms with Crippen molar-refractivity contribution >= 4 is 29.3 Å². The molecule has 0 aromatic carbocycles. The maximum Gasteiger partial charge on any atom is 0.228 e. The van der Waals surface area contributed by atoms with Gasteiger partial charge in [0.25, 0.3) is 0 Å². The Labute approximate surface area is 164 Å². The van der Waals surface area contributed by atoms with Crippen LogP contribution < -0.4 is 16.0 Å². The summed E-state index contributed by atoms with van der Waals surface area (Å²) in [4.78, 5) is 16.5. The molecular weight excluding hydrogens is 352 g/mol. The first kappa shape index (κ1) is 17.3. The highest BCUT2D eigenvalue weighted by Crippen LogP contribution is 2.34. The monoisotopic (exact) mass is 378 g/mol. The van der Waals surface area contributed by atoms with Gasteiger partial charge >= 0.3 is 0 Å². The molecule has 2 aromatic heterocycles. The largest absolute Gasteiger partial charge is 0.370 e. The van der Waals surface area contributed by atoms with Crippen LogP contribution in [0.15, 0.2) is 30.1 Å². The van der Waals surface area contributed by atoms with Crippen LogP contribution in [0.1, 0.15) is 44.6 Å². The van der Waals surface area contributed by atoms with E-state index in [9.17, 15) is 4.79 Å². The van der Waals surface area contributed by atoms with E-state index in [4.69, 9.17) is 4.98 Å². The predicted molar refractivity (Wildman–Crippen MR) is 110 cm³/mol. The summed E-state index contributed by atoms with van der Waals surface area (Å²) in [6, 6.07) is 2.46. The zero-order valence-electron chi connectivity index (χ0n) is 16.2. The van der Waals surface area contributed by atoms with Gasteiger partial charge in [-0.3, -0.25) is 4.79 Å². The minimum Gasteiger partial charge on any atom is -0.370 e. The van der Waals surface area contributed by atoms with Crippen LogP contribution in [-0.4, -0.2) is 33.1 Å². The van der Waals surface area contributed by atoms with Gasteiger partial charge in [-0.1, -0.05) is 6.58 Å². The van der Waals surface area contributed by atoms with Gasteiger partial charge in [0.05, 0.1) is 12.6 Å². The second-order valence-corrected chi connectivity index (χ2v) is 8.33. The van der Waals surface area contributed by atoms with Crippen LogP contribution in [0.5, 0.6) is 0 Å². The van der Waals surface area contributed by atoms with Crippen LogP contribution in [0.4, 0.5) is 11.6 Å². The number of carbonyl (C=O) groups is 1. The Kier molecular flexibility index (Phi) is 4.10. The van der Waals surface area contributed by atoms with Crippen LogP contribution in [0, 0.1) is 11.8 Å². The van der Waals surface area contributed by atoms with E-state index in [2.05, 4.69) is 40.6 Å². The molecule has 0 radical (unpaired) electrons. The minimum atomic E-state index is -0.0203. The number of anilines is 2. The summed E-state index contributed by atoms with van der Waals surface area (Å²) in [6.07, 6.45) is 9.29. The molecule has 3 aliphatic rings. The van der Waals surface area contributed by atoms with E-state index in [-0.39, 0.29) is 5.91 Å². The van der Waals surface area contributed by atoms with E-state index < -0.39 is 0 Å². The lowest BCUT2D eigenvalue weighted by Gasteiger charge is -2.16. The molecule has 0 unspecified atom stereocenters. The number of rotatable bonds is 7. The molecule has 7 nitrogen and oxygen atoms in total. The fourth-order valence-corrected chi connectivity index (χ4v) is 3.70. The average Bonchev–Trinajstić information content (AvgIpc) is 3.57. The van der Waals surface area contributed by atoms with Crippen molar-refractivity contribution in [2.75, 3.05) is 17.2 Å². The molecule has 1 atom stereocenters. The van der Waals surface area contributed by atoms with Crippen molar-refractivity contribution in [3.63, 3.8) is 0 Å². The Hall–Kier alpha value is -2.83. The summed E-state index contributed by atoms with van der Waals surface area (Å²) in [6.45, 7) is 7.11. The number of nitrogens with zero attached hydrogens (tertiary/aromatic N) is 3. The minimum absolute atomic E-state index is 0.0203. The number of nitrogens with one attached hydrogen (secondary N) is 3. The van der Waals surface area contributed by atoms with Crippen LogP contribution >= 0.6 is 0 Å². The normalized spacial score (nSPS) is 22.0. The molecule has 3 heterocycles. The smallest absolute Gasteiger partial charge is 0.228 e. The second-order valence-electron chi connectivity index (χ2n) is 8.33. The zero-order chi connectivity index (χ0) is 19.3. The van der Waals surface area contributed by atoms with E-state index in [0.29, 0.717) is 18.2 Å². The molecule has 2 aliphatic carbocycles. The van der Waals surface area contributed by atoms with Gasteiger partial charge in [0.1, 0.15) is 11.6 Å². The van der Waals surface area contributed by atoms with E-state index in [0.717, 1.165) is 46.8 Å². The quantitative estimate of drug-likeness (QED) is 0.689. The van der Waals surface area contributed by atoms with E-state index in [1.807, 2.05) is 16.8 Å². The van der Waals surface area contributed by atoms with Gasteiger partial charge in [-0.05, 0) is 56.1 Å². The van der Waals surface area contributed by atoms with Crippen molar-refractivity contribution in [3.05, 3.63) is 35.7 Å². The molecule has 0 spiro atoms. The lowest BCUT2D eigenvalue weighted by atomic mass is 10.1. The molecule has 7 heteroatoms. The number of allylic oxidation sites excluding steroid dienone is 1. The Morgan fingerprint density at radius 1 is 1.39 bits per heavy atom. The molecule has 2 aromatic rings. The van der Waals surface area contributed by atoms with E-state index >= 15 is 0 Å². The molecular formula is C21H26N6O. The fraction of sp³-hybridized carbons (Fsp3) is 0.476. The first-order valence-corrected chi connectivity index (χ1v) is 10.2. The predicted octanol–water partition coefficient (Wildman–Crippen LogP) is 3.18. The maximum atomic E-state index is 11.6. The first-order chi connectivity index (χ1) is 13.6. The zero-order valence-corrected chi connectivity index (χ0v) is 16.2. The number of hydrogen-bond donors (Lipinski definition) is 3. The summed E-state index contributed by atoms with van der Waals surface area (Å²) in [5.74, 6) is 3.30. The number of aromatic nitrogens is 3. The summed E-state index contributed by atoms with van der Waals surface area (Å²) < 4.78 is 1.86. The lowest BCUT2D eigenvalue weighted by molar-refractivity contribution is -0.118. The summed E-state index contributed by atoms with van der Waals surface area (Å²) in [5.41, 5.74) is 3.22. The van der Waals surface area contributed by atoms with Crippen LogP contribution in [0.3, 0.4) is 0 Å². The van der Waals surface area contributed by atoms with Crippen LogP contribution in [0.25, 0.3) is 11.7 Å². The highest BCUT2D eigenvalue weighted by molar-refractivity contribution is 5.89. The highest BCUT2D eigenvalue weighted by atomic mass is 16.1. The summed E-state index contributed by atoms with van der Waals surface area (Å²) >= 11 is 0. The van der Waals surface area contributed by atoms with Gasteiger partial charge in [-0.25, -0.2) is 4.98 Å². The van der Waals surface area contributed by atoms with Crippen molar-refractivity contribution < 1.29 is 4.79 Å². The van der Waals surface area contributed by atoms with Crippen molar-refractivity contribution in [2.45, 2.75) is 45.1 Å². The molecule has 146 valence electrons. The Morgan fingerprint density at radius 2 is 2.21 bits per heavy atom. The van der Waals surface area contributed by atoms with E-state index in [1.165, 1.54) is 25.7 Å². The molecule has 1 aliphatic heterocycles. The third-order valence-corrected chi connectivity index (χ3v) is 5.83.